The molecule has 0 aromatic heterocycles. The molecule has 0 fully saturated rings. The summed E-state index contributed by atoms with van der Waals surface area (Å²) in [7, 11) is 1.42. The molecular weight excluding hydrogens is 99.8 g/mol. The van der Waals surface area contributed by atoms with Gasteiger partial charge in [-0.3, -0.25) is 20.6 Å². The fourth-order valence-corrected chi connectivity index (χ4v) is 0. The normalized spacial score (nSPS) is 11.7. The first kappa shape index (κ1) is 6.17. The quantitative estimate of drug-likeness (QED) is 0.285. The highest BCUT2D eigenvalue weighted by molar-refractivity contribution is 7.58. The fourth-order valence-electron chi connectivity index (χ4n) is 0. The molecule has 0 amide bonds. The van der Waals surface area contributed by atoms with Crippen LogP contribution in [0.1, 0.15) is 0 Å². The maximum atomic E-state index is 9.90. The van der Waals surface area contributed by atoms with Gasteiger partial charge in [0.1, 0.15) is 0 Å². The molecule has 0 saturated heterocycles. The second-order valence-electron chi connectivity index (χ2n) is 0.838. The van der Waals surface area contributed by atoms with Crippen molar-refractivity contribution in [2.75, 3.05) is 0 Å². The Morgan fingerprint density at radius 3 is 1.83 bits per heavy atom. The lowest BCUT2D eigenvalue weighted by molar-refractivity contribution is 0.575. The zero-order valence-electron chi connectivity index (χ0n) is 3.09. The van der Waals surface area contributed by atoms with E-state index in [1.165, 1.54) is 0 Å². The molecule has 4 nitrogen and oxygen atoms in total. The van der Waals surface area contributed by atoms with Crippen LogP contribution in [0.4, 0.5) is 0 Å². The molecule has 0 bridgehead atoms. The van der Waals surface area contributed by atoms with E-state index in [9.17, 15) is 4.57 Å². The van der Waals surface area contributed by atoms with Gasteiger partial charge in [-0.25, -0.2) is 0 Å². The van der Waals surface area contributed by atoms with Crippen LogP contribution in [-0.2, 0) is 4.57 Å². The van der Waals surface area contributed by atoms with E-state index >= 15 is 0 Å². The summed E-state index contributed by atoms with van der Waals surface area (Å²) in [5.41, 5.74) is 9.26. The van der Waals surface area contributed by atoms with E-state index in [4.69, 9.17) is 0 Å². The Hall–Kier alpha value is 0.175. The SMILES string of the molecule is [B]NP(N)(N)=O. The first-order chi connectivity index (χ1) is 2.56. The van der Waals surface area contributed by atoms with E-state index in [-0.39, 0.29) is 0 Å². The summed E-state index contributed by atoms with van der Waals surface area (Å²) in [4.78, 5) is 1.72. The summed E-state index contributed by atoms with van der Waals surface area (Å²) < 4.78 is 9.90. The van der Waals surface area contributed by atoms with Crippen LogP contribution < -0.4 is 16.0 Å². The summed E-state index contributed by atoms with van der Waals surface area (Å²) >= 11 is 0. The maximum absolute atomic E-state index is 9.90. The Balaban J connectivity index is 3.48. The molecule has 0 heterocycles. The minimum Gasteiger partial charge on any atom is -0.295 e. The highest BCUT2D eigenvalue weighted by Crippen LogP contribution is 2.13. The lowest BCUT2D eigenvalue weighted by Crippen LogP contribution is -2.18. The highest BCUT2D eigenvalue weighted by atomic mass is 31.2. The highest BCUT2D eigenvalue weighted by Gasteiger charge is 1.97. The Labute approximate surface area is 37.2 Å². The smallest absolute Gasteiger partial charge is 0.262 e. The molecule has 0 aliphatic carbocycles. The molecule has 0 aromatic rings. The Morgan fingerprint density at radius 2 is 1.83 bits per heavy atom. The monoisotopic (exact) mass is 105 g/mol. The van der Waals surface area contributed by atoms with Crippen molar-refractivity contribution in [1.29, 1.82) is 0 Å². The molecule has 0 atom stereocenters. The van der Waals surface area contributed by atoms with Gasteiger partial charge in [-0.1, -0.05) is 0 Å². The van der Waals surface area contributed by atoms with Gasteiger partial charge in [-0.2, -0.15) is 0 Å². The topological polar surface area (TPSA) is 81.1 Å². The van der Waals surface area contributed by atoms with Gasteiger partial charge in [-0.05, 0) is 0 Å². The molecule has 0 rings (SSSR count). The van der Waals surface area contributed by atoms with Gasteiger partial charge in [-0.15, -0.1) is 0 Å². The van der Waals surface area contributed by atoms with Crippen molar-refractivity contribution in [2.24, 2.45) is 11.0 Å². The third-order valence-corrected chi connectivity index (χ3v) is 0.605. The van der Waals surface area contributed by atoms with Gasteiger partial charge >= 0.3 is 0 Å². The first-order valence-corrected chi connectivity index (χ1v) is 3.06. The predicted molar refractivity (Wildman–Crippen MR) is 24.9 cm³/mol. The second-order valence-corrected chi connectivity index (χ2v) is 2.52. The molecule has 0 unspecified atom stereocenters. The van der Waals surface area contributed by atoms with Crippen LogP contribution in [0, 0.1) is 0 Å². The summed E-state index contributed by atoms with van der Waals surface area (Å²) in [6.07, 6.45) is 0. The third kappa shape index (κ3) is 4.17. The van der Waals surface area contributed by atoms with Crippen LogP contribution in [0.2, 0.25) is 0 Å². The van der Waals surface area contributed by atoms with Crippen LogP contribution in [0.15, 0.2) is 0 Å². The number of hydrogen-bond donors (Lipinski definition) is 3. The Morgan fingerprint density at radius 1 is 1.67 bits per heavy atom. The van der Waals surface area contributed by atoms with Gasteiger partial charge in [0.25, 0.3) is 7.59 Å². The fraction of sp³-hybridized carbons (Fsp3) is 0. The summed E-state index contributed by atoms with van der Waals surface area (Å²) in [5, 5.41) is 0. The number of nitrogens with one attached hydrogen (secondary N) is 1. The van der Waals surface area contributed by atoms with Gasteiger partial charge in [0.05, 0.1) is 0 Å². The molecule has 0 aliphatic rings. The first-order valence-electron chi connectivity index (χ1n) is 1.21. The molecule has 0 aromatic carbocycles. The average Bonchev–Trinajstić information content (AvgIpc) is 1.35. The van der Waals surface area contributed by atoms with Crippen molar-refractivity contribution in [2.45, 2.75) is 0 Å². The van der Waals surface area contributed by atoms with Gasteiger partial charge < -0.3 is 0 Å². The molecule has 0 aliphatic heterocycles. The van der Waals surface area contributed by atoms with Crippen molar-refractivity contribution < 1.29 is 4.57 Å². The zero-order valence-corrected chi connectivity index (χ0v) is 3.98. The van der Waals surface area contributed by atoms with Crippen LogP contribution >= 0.6 is 7.59 Å². The third-order valence-electron chi connectivity index (χ3n) is 0.202. The van der Waals surface area contributed by atoms with Crippen molar-refractivity contribution in [3.8, 4) is 0 Å². The minimum atomic E-state index is -3.12. The van der Waals surface area contributed by atoms with E-state index in [0.29, 0.717) is 0 Å². The van der Waals surface area contributed by atoms with Gasteiger partial charge in [0.2, 0.25) is 0 Å². The van der Waals surface area contributed by atoms with Crippen LogP contribution in [-0.4, -0.2) is 7.98 Å². The van der Waals surface area contributed by atoms with Crippen LogP contribution in [0.25, 0.3) is 0 Å². The molecule has 6 heteroatoms. The second kappa shape index (κ2) is 1.75. The number of rotatable bonds is 1. The maximum Gasteiger partial charge on any atom is 0.262 e. The average molecular weight is 105 g/mol. The largest absolute Gasteiger partial charge is 0.295 e. The van der Waals surface area contributed by atoms with E-state index in [1.807, 2.05) is 0 Å². The van der Waals surface area contributed by atoms with Crippen molar-refractivity contribution in [1.82, 2.24) is 5.00 Å². The van der Waals surface area contributed by atoms with Crippen molar-refractivity contribution in [3.05, 3.63) is 0 Å². The standard InChI is InChI=1S/BH5N3OP/c1-4-6(2,3)5/h(H5,2,3,4,5). The summed E-state index contributed by atoms with van der Waals surface area (Å²) in [6, 6.07) is 0. The van der Waals surface area contributed by atoms with Gasteiger partial charge in [0.15, 0.2) is 7.98 Å². The van der Waals surface area contributed by atoms with Crippen LogP contribution in [0.5, 0.6) is 0 Å². The molecular formula is H5BN3OP. The zero-order chi connectivity index (χ0) is 5.21. The lowest BCUT2D eigenvalue weighted by atomic mass is 10.5. The molecule has 5 N–H and O–H groups in total. The molecule has 0 saturated carbocycles. The molecule has 6 heavy (non-hydrogen) atoms. The minimum absolute atomic E-state index is 1.72. The van der Waals surface area contributed by atoms with Crippen molar-refractivity contribution in [3.63, 3.8) is 0 Å². The molecule has 2 radical (unpaired) electrons. The summed E-state index contributed by atoms with van der Waals surface area (Å²) in [6.45, 7) is 0. The lowest BCUT2D eigenvalue weighted by Gasteiger charge is -1.99. The summed E-state index contributed by atoms with van der Waals surface area (Å²) in [5.74, 6) is 0. The van der Waals surface area contributed by atoms with E-state index in [2.05, 4.69) is 19.0 Å². The van der Waals surface area contributed by atoms with Crippen LogP contribution in [0.3, 0.4) is 0 Å². The molecule has 34 valence electrons. The number of nitrogens with two attached hydrogens (primary N) is 2. The predicted octanol–water partition coefficient (Wildman–Crippen LogP) is -1.31. The van der Waals surface area contributed by atoms with E-state index in [0.717, 1.165) is 0 Å². The van der Waals surface area contributed by atoms with E-state index in [1.54, 1.807) is 5.00 Å². The van der Waals surface area contributed by atoms with Gasteiger partial charge in [0, 0.05) is 0 Å². The molecule has 0 spiro atoms. The number of hydrogen-bond acceptors (Lipinski definition) is 1. The van der Waals surface area contributed by atoms with E-state index < -0.39 is 7.59 Å². The Kier molecular flexibility index (Phi) is 1.80. The Bertz CT molecular complexity index is 74.9. The van der Waals surface area contributed by atoms with Crippen molar-refractivity contribution >= 4 is 15.6 Å².